The van der Waals surface area contributed by atoms with Crippen LogP contribution < -0.4 is 0 Å². The summed E-state index contributed by atoms with van der Waals surface area (Å²) in [4.78, 5) is 13.6. The Morgan fingerprint density at radius 3 is 2.24 bits per heavy atom. The van der Waals surface area contributed by atoms with Crippen LogP contribution in [0.4, 0.5) is 4.39 Å². The third-order valence-electron chi connectivity index (χ3n) is 8.22. The van der Waals surface area contributed by atoms with Crippen LogP contribution in [0.1, 0.15) is 127 Å². The maximum Gasteiger partial charge on any atom is 0.316 e. The Balaban J connectivity index is 1.68. The highest BCUT2D eigenvalue weighted by atomic mass is 19.1. The van der Waals surface area contributed by atoms with E-state index >= 15 is 0 Å². The Labute approximate surface area is 200 Å². The number of nitriles is 1. The number of carbonyl (C=O) groups is 1. The van der Waals surface area contributed by atoms with Gasteiger partial charge in [0, 0.05) is 5.41 Å². The second kappa shape index (κ2) is 12.5. The molecule has 3 rings (SSSR count). The van der Waals surface area contributed by atoms with Crippen molar-refractivity contribution in [3.63, 3.8) is 0 Å². The molecule has 1 aromatic carbocycles. The summed E-state index contributed by atoms with van der Waals surface area (Å²) in [7, 11) is 0. The third-order valence-corrected chi connectivity index (χ3v) is 8.22. The van der Waals surface area contributed by atoms with E-state index < -0.39 is 11.2 Å². The first-order valence-corrected chi connectivity index (χ1v) is 13.4. The molecule has 0 aliphatic heterocycles. The summed E-state index contributed by atoms with van der Waals surface area (Å²) in [6.45, 7) is 2.75. The molecule has 0 heterocycles. The highest BCUT2D eigenvalue weighted by Gasteiger charge is 2.44. The lowest BCUT2D eigenvalue weighted by Crippen LogP contribution is -2.42. The fraction of sp³-hybridized carbons (Fsp3) is 0.724. The zero-order valence-corrected chi connectivity index (χ0v) is 20.6. The van der Waals surface area contributed by atoms with Gasteiger partial charge >= 0.3 is 5.97 Å². The van der Waals surface area contributed by atoms with E-state index in [-0.39, 0.29) is 16.9 Å². The molecule has 0 saturated heterocycles. The molecular formula is C29H42FNO2. The SMILES string of the molecule is CCCCCCCCC1(COC(=O)C2(c3ccc(C#N)c(F)c3)CCCCC2)CCCCC1. The van der Waals surface area contributed by atoms with Crippen molar-refractivity contribution in [3.8, 4) is 6.07 Å². The van der Waals surface area contributed by atoms with E-state index in [0.717, 1.165) is 38.5 Å². The molecule has 2 saturated carbocycles. The molecule has 0 radical (unpaired) electrons. The van der Waals surface area contributed by atoms with Gasteiger partial charge in [-0.25, -0.2) is 4.39 Å². The van der Waals surface area contributed by atoms with Gasteiger partial charge in [-0.1, -0.05) is 90.0 Å². The summed E-state index contributed by atoms with van der Waals surface area (Å²) in [6.07, 6.45) is 19.2. The Bertz CT molecular complexity index is 800. The standard InChI is InChI=1S/C29H42FNO2/c1-2-3-4-5-6-9-16-28(17-10-7-11-18-28)23-33-27(32)29(19-12-8-13-20-29)25-15-14-24(22-31)26(30)21-25/h14-15,21H,2-13,16-20,23H2,1H3. The number of carbonyl (C=O) groups excluding carboxylic acids is 1. The number of rotatable bonds is 11. The average Bonchev–Trinajstić information content (AvgIpc) is 2.85. The zero-order valence-electron chi connectivity index (χ0n) is 20.6. The largest absolute Gasteiger partial charge is 0.464 e. The van der Waals surface area contributed by atoms with Crippen LogP contribution in [0.2, 0.25) is 0 Å². The van der Waals surface area contributed by atoms with E-state index in [4.69, 9.17) is 10.00 Å². The van der Waals surface area contributed by atoms with Gasteiger partial charge in [0.1, 0.15) is 11.9 Å². The minimum absolute atomic E-state index is 0.0261. The minimum Gasteiger partial charge on any atom is -0.464 e. The van der Waals surface area contributed by atoms with Gasteiger partial charge in [-0.3, -0.25) is 4.79 Å². The normalized spacial score (nSPS) is 19.5. The van der Waals surface area contributed by atoms with Crippen LogP contribution in [-0.4, -0.2) is 12.6 Å². The smallest absolute Gasteiger partial charge is 0.316 e. The predicted molar refractivity (Wildman–Crippen MR) is 130 cm³/mol. The fourth-order valence-corrected chi connectivity index (χ4v) is 6.07. The third kappa shape index (κ3) is 6.58. The summed E-state index contributed by atoms with van der Waals surface area (Å²) in [5.74, 6) is -0.723. The molecule has 0 amide bonds. The van der Waals surface area contributed by atoms with Crippen LogP contribution in [0, 0.1) is 22.6 Å². The molecule has 182 valence electrons. The molecule has 33 heavy (non-hydrogen) atoms. The van der Waals surface area contributed by atoms with Crippen LogP contribution in [-0.2, 0) is 14.9 Å². The topological polar surface area (TPSA) is 50.1 Å². The van der Waals surface area contributed by atoms with Gasteiger partial charge in [0.05, 0.1) is 17.6 Å². The number of benzene rings is 1. The van der Waals surface area contributed by atoms with Gasteiger partial charge in [-0.2, -0.15) is 5.26 Å². The maximum atomic E-state index is 14.5. The van der Waals surface area contributed by atoms with Crippen LogP contribution in [0.15, 0.2) is 18.2 Å². The lowest BCUT2D eigenvalue weighted by Gasteiger charge is -2.40. The zero-order chi connectivity index (χ0) is 23.6. The summed E-state index contributed by atoms with van der Waals surface area (Å²) in [5, 5.41) is 9.10. The van der Waals surface area contributed by atoms with E-state index in [1.54, 1.807) is 6.07 Å². The van der Waals surface area contributed by atoms with Gasteiger partial charge in [0.2, 0.25) is 0 Å². The fourth-order valence-electron chi connectivity index (χ4n) is 6.07. The summed E-state index contributed by atoms with van der Waals surface area (Å²) in [5.41, 5.74) is 0.0450. The van der Waals surface area contributed by atoms with Crippen molar-refractivity contribution in [2.75, 3.05) is 6.61 Å². The van der Waals surface area contributed by atoms with Crippen molar-refractivity contribution < 1.29 is 13.9 Å². The number of ether oxygens (including phenoxy) is 1. The number of nitrogens with zero attached hydrogens (tertiary/aromatic N) is 1. The molecule has 2 aliphatic carbocycles. The number of hydrogen-bond donors (Lipinski definition) is 0. The second-order valence-electron chi connectivity index (χ2n) is 10.6. The molecule has 1 aromatic rings. The molecule has 0 spiro atoms. The van der Waals surface area contributed by atoms with Gasteiger partial charge in [0.25, 0.3) is 0 Å². The Kier molecular flexibility index (Phi) is 9.78. The monoisotopic (exact) mass is 455 g/mol. The van der Waals surface area contributed by atoms with Crippen molar-refractivity contribution in [1.82, 2.24) is 0 Å². The number of unbranched alkanes of at least 4 members (excludes halogenated alkanes) is 5. The first kappa shape index (κ1) is 25.7. The summed E-state index contributed by atoms with van der Waals surface area (Å²) < 4.78 is 20.6. The predicted octanol–water partition coefficient (Wildman–Crippen LogP) is 8.14. The minimum atomic E-state index is -0.775. The van der Waals surface area contributed by atoms with Crippen molar-refractivity contribution >= 4 is 5.97 Å². The van der Waals surface area contributed by atoms with E-state index in [1.807, 2.05) is 6.07 Å². The molecule has 2 fully saturated rings. The van der Waals surface area contributed by atoms with Crippen molar-refractivity contribution in [3.05, 3.63) is 35.1 Å². The van der Waals surface area contributed by atoms with Crippen molar-refractivity contribution in [2.24, 2.45) is 5.41 Å². The highest BCUT2D eigenvalue weighted by Crippen LogP contribution is 2.44. The highest BCUT2D eigenvalue weighted by molar-refractivity contribution is 5.83. The molecule has 0 atom stereocenters. The number of halogens is 1. The van der Waals surface area contributed by atoms with E-state index in [2.05, 4.69) is 6.92 Å². The molecule has 0 N–H and O–H groups in total. The van der Waals surface area contributed by atoms with Crippen molar-refractivity contribution in [1.29, 1.82) is 5.26 Å². The van der Waals surface area contributed by atoms with Gasteiger partial charge in [-0.15, -0.1) is 0 Å². The average molecular weight is 456 g/mol. The first-order chi connectivity index (χ1) is 16.1. The van der Waals surface area contributed by atoms with E-state index in [9.17, 15) is 9.18 Å². The van der Waals surface area contributed by atoms with Crippen LogP contribution in [0.5, 0.6) is 0 Å². The molecule has 0 bridgehead atoms. The van der Waals surface area contributed by atoms with Crippen molar-refractivity contribution in [2.45, 2.75) is 121 Å². The van der Waals surface area contributed by atoms with Crippen LogP contribution >= 0.6 is 0 Å². The van der Waals surface area contributed by atoms with E-state index in [0.29, 0.717) is 25.0 Å². The quantitative estimate of drug-likeness (QED) is 0.250. The molecule has 2 aliphatic rings. The maximum absolute atomic E-state index is 14.5. The molecule has 0 aromatic heterocycles. The Morgan fingerprint density at radius 1 is 0.970 bits per heavy atom. The molecule has 4 heteroatoms. The van der Waals surface area contributed by atoms with Gasteiger partial charge in [0.15, 0.2) is 0 Å². The first-order valence-electron chi connectivity index (χ1n) is 13.4. The lowest BCUT2D eigenvalue weighted by atomic mass is 9.69. The number of hydrogen-bond acceptors (Lipinski definition) is 3. The number of esters is 1. The van der Waals surface area contributed by atoms with Crippen LogP contribution in [0.25, 0.3) is 0 Å². The second-order valence-corrected chi connectivity index (χ2v) is 10.6. The Morgan fingerprint density at radius 2 is 1.61 bits per heavy atom. The van der Waals surface area contributed by atoms with Gasteiger partial charge < -0.3 is 4.74 Å². The summed E-state index contributed by atoms with van der Waals surface area (Å²) >= 11 is 0. The molecular weight excluding hydrogens is 413 g/mol. The molecule has 3 nitrogen and oxygen atoms in total. The van der Waals surface area contributed by atoms with Crippen LogP contribution in [0.3, 0.4) is 0 Å². The Hall–Kier alpha value is -1.89. The lowest BCUT2D eigenvalue weighted by molar-refractivity contribution is -0.157. The van der Waals surface area contributed by atoms with Gasteiger partial charge in [-0.05, 0) is 49.8 Å². The summed E-state index contributed by atoms with van der Waals surface area (Å²) in [6, 6.07) is 6.56. The molecule has 0 unspecified atom stereocenters. The van der Waals surface area contributed by atoms with E-state index in [1.165, 1.54) is 69.9 Å².